The van der Waals surface area contributed by atoms with E-state index < -0.39 is 5.60 Å². The van der Waals surface area contributed by atoms with Crippen molar-refractivity contribution in [3.63, 3.8) is 0 Å². The minimum absolute atomic E-state index is 0.403. The largest absolute Gasteiger partial charge is 0.389 e. The Hall–Kier alpha value is 0.01000. The molecule has 0 aromatic carbocycles. The molecule has 68 valence electrons. The molecule has 12 heavy (non-hydrogen) atoms. The van der Waals surface area contributed by atoms with E-state index in [1.807, 2.05) is 0 Å². The van der Waals surface area contributed by atoms with Crippen molar-refractivity contribution in [3.8, 4) is 0 Å². The van der Waals surface area contributed by atoms with Gasteiger partial charge in [-0.2, -0.15) is 0 Å². The van der Waals surface area contributed by atoms with Crippen LogP contribution in [0.2, 0.25) is 0 Å². The molecule has 0 aromatic rings. The Kier molecular flexibility index (Phi) is 2.44. The number of allylic oxidation sites excluding steroid dienone is 1. The van der Waals surface area contributed by atoms with Gasteiger partial charge in [0.2, 0.25) is 0 Å². The van der Waals surface area contributed by atoms with E-state index in [0.717, 1.165) is 32.4 Å². The molecule has 2 heterocycles. The lowest BCUT2D eigenvalue weighted by molar-refractivity contribution is 0.00976. The molecular weight excluding hydrogens is 170 g/mol. The van der Waals surface area contributed by atoms with Crippen molar-refractivity contribution in [3.05, 3.63) is 11.5 Å². The summed E-state index contributed by atoms with van der Waals surface area (Å²) in [6.07, 6.45) is 5.02. The summed E-state index contributed by atoms with van der Waals surface area (Å²) >= 11 is 1.79. The lowest BCUT2D eigenvalue weighted by atomic mass is 9.87. The first-order valence-corrected chi connectivity index (χ1v) is 5.49. The smallest absolute Gasteiger partial charge is 0.0796 e. The fraction of sp³-hybridized carbons (Fsp3) is 0.778. The topological polar surface area (TPSA) is 32.3 Å². The number of aliphatic hydroxyl groups is 1. The van der Waals surface area contributed by atoms with Gasteiger partial charge in [0.25, 0.3) is 0 Å². The molecule has 2 nitrogen and oxygen atoms in total. The first kappa shape index (κ1) is 8.60. The van der Waals surface area contributed by atoms with Crippen molar-refractivity contribution in [2.45, 2.75) is 30.1 Å². The summed E-state index contributed by atoms with van der Waals surface area (Å²) in [6.45, 7) is 1.93. The molecule has 0 amide bonds. The third-order valence-corrected chi connectivity index (χ3v) is 4.07. The zero-order valence-corrected chi connectivity index (χ0v) is 7.94. The quantitative estimate of drug-likeness (QED) is 0.642. The van der Waals surface area contributed by atoms with Gasteiger partial charge in [-0.15, -0.1) is 11.8 Å². The van der Waals surface area contributed by atoms with Crippen molar-refractivity contribution in [1.82, 2.24) is 5.32 Å². The number of hydrogen-bond acceptors (Lipinski definition) is 3. The second-order valence-corrected chi connectivity index (χ2v) is 4.70. The predicted octanol–water partition coefficient (Wildman–Crippen LogP) is 1.12. The molecule has 2 rings (SSSR count). The zero-order chi connectivity index (χ0) is 8.44. The molecule has 2 aliphatic heterocycles. The Morgan fingerprint density at radius 3 is 2.75 bits per heavy atom. The normalized spacial score (nSPS) is 33.9. The van der Waals surface area contributed by atoms with Crippen LogP contribution in [0, 0.1) is 0 Å². The molecule has 1 unspecified atom stereocenters. The van der Waals surface area contributed by atoms with Gasteiger partial charge in [-0.25, -0.2) is 0 Å². The first-order chi connectivity index (χ1) is 5.81. The van der Waals surface area contributed by atoms with Gasteiger partial charge in [-0.05, 0) is 37.8 Å². The number of hydrogen-bond donors (Lipinski definition) is 2. The van der Waals surface area contributed by atoms with Gasteiger partial charge < -0.3 is 10.4 Å². The number of piperidine rings is 1. The predicted molar refractivity (Wildman–Crippen MR) is 52.2 cm³/mol. The number of thioether (sulfide) groups is 1. The van der Waals surface area contributed by atoms with Crippen molar-refractivity contribution < 1.29 is 5.11 Å². The Morgan fingerprint density at radius 1 is 1.42 bits per heavy atom. The van der Waals surface area contributed by atoms with Gasteiger partial charge >= 0.3 is 0 Å². The number of nitrogens with one attached hydrogen (secondary N) is 1. The Balaban J connectivity index is 1.98. The second-order valence-electron chi connectivity index (χ2n) is 3.59. The third-order valence-electron chi connectivity index (χ3n) is 2.76. The van der Waals surface area contributed by atoms with E-state index in [1.165, 1.54) is 0 Å². The molecule has 1 fully saturated rings. The van der Waals surface area contributed by atoms with Gasteiger partial charge in [0.05, 0.1) is 5.60 Å². The van der Waals surface area contributed by atoms with Crippen LogP contribution in [0.4, 0.5) is 0 Å². The average molecular weight is 185 g/mol. The highest BCUT2D eigenvalue weighted by Gasteiger charge is 2.38. The molecular formula is C9H15NOS. The molecule has 1 atom stereocenters. The highest BCUT2D eigenvalue weighted by atomic mass is 32.2. The van der Waals surface area contributed by atoms with Crippen LogP contribution in [-0.2, 0) is 0 Å². The van der Waals surface area contributed by atoms with E-state index in [-0.39, 0.29) is 0 Å². The lowest BCUT2D eigenvalue weighted by Gasteiger charge is -2.37. The van der Waals surface area contributed by atoms with Crippen LogP contribution >= 0.6 is 11.8 Å². The third kappa shape index (κ3) is 1.53. The number of rotatable bonds is 1. The molecule has 0 saturated carbocycles. The maximum absolute atomic E-state index is 10.3. The van der Waals surface area contributed by atoms with Crippen LogP contribution in [0.3, 0.4) is 0 Å². The summed E-state index contributed by atoms with van der Waals surface area (Å²) in [5.41, 5.74) is -0.403. The summed E-state index contributed by atoms with van der Waals surface area (Å²) in [5.74, 6) is 0. The van der Waals surface area contributed by atoms with Crippen LogP contribution in [0.1, 0.15) is 19.3 Å². The first-order valence-electron chi connectivity index (χ1n) is 4.55. The van der Waals surface area contributed by atoms with Crippen molar-refractivity contribution in [1.29, 1.82) is 0 Å². The van der Waals surface area contributed by atoms with E-state index in [0.29, 0.717) is 5.25 Å². The minimum atomic E-state index is -0.403. The van der Waals surface area contributed by atoms with Crippen LogP contribution in [-0.4, -0.2) is 29.0 Å². The Bertz CT molecular complexity index is 179. The van der Waals surface area contributed by atoms with Gasteiger partial charge in [-0.1, -0.05) is 6.08 Å². The fourth-order valence-electron chi connectivity index (χ4n) is 1.91. The molecule has 0 aliphatic carbocycles. The fourth-order valence-corrected chi connectivity index (χ4v) is 3.04. The molecule has 0 aromatic heterocycles. The summed E-state index contributed by atoms with van der Waals surface area (Å²) in [6, 6.07) is 0. The van der Waals surface area contributed by atoms with Gasteiger partial charge in [0.1, 0.15) is 0 Å². The van der Waals surface area contributed by atoms with Crippen LogP contribution < -0.4 is 5.32 Å². The summed E-state index contributed by atoms with van der Waals surface area (Å²) in [7, 11) is 0. The standard InChI is InChI=1S/C9H15NOS/c11-9(3-5-10-6-4-9)8-2-1-7-12-8/h1,7-8,10-11H,2-6H2. The van der Waals surface area contributed by atoms with E-state index in [9.17, 15) is 5.11 Å². The molecule has 3 heteroatoms. The lowest BCUT2D eigenvalue weighted by Crippen LogP contribution is -2.48. The van der Waals surface area contributed by atoms with Crippen LogP contribution in [0.5, 0.6) is 0 Å². The van der Waals surface area contributed by atoms with E-state index in [1.54, 1.807) is 11.8 Å². The summed E-state index contributed by atoms with van der Waals surface area (Å²) in [4.78, 5) is 0. The minimum Gasteiger partial charge on any atom is -0.389 e. The van der Waals surface area contributed by atoms with Crippen LogP contribution in [0.25, 0.3) is 0 Å². The highest BCUT2D eigenvalue weighted by molar-refractivity contribution is 8.03. The molecule has 0 spiro atoms. The van der Waals surface area contributed by atoms with Crippen molar-refractivity contribution in [2.24, 2.45) is 0 Å². The van der Waals surface area contributed by atoms with Gasteiger partial charge in [0, 0.05) is 5.25 Å². The Morgan fingerprint density at radius 2 is 2.17 bits per heavy atom. The second kappa shape index (κ2) is 3.40. The highest BCUT2D eigenvalue weighted by Crippen LogP contribution is 2.37. The summed E-state index contributed by atoms with van der Waals surface area (Å²) in [5, 5.41) is 16.1. The van der Waals surface area contributed by atoms with E-state index in [2.05, 4.69) is 16.8 Å². The van der Waals surface area contributed by atoms with Crippen molar-refractivity contribution in [2.75, 3.05) is 13.1 Å². The maximum Gasteiger partial charge on any atom is 0.0796 e. The molecule has 1 saturated heterocycles. The average Bonchev–Trinajstić information content (AvgIpc) is 2.58. The summed E-state index contributed by atoms with van der Waals surface area (Å²) < 4.78 is 0. The van der Waals surface area contributed by atoms with E-state index >= 15 is 0 Å². The van der Waals surface area contributed by atoms with Gasteiger partial charge in [0.15, 0.2) is 0 Å². The SMILES string of the molecule is OC1(C2CC=CS2)CCNCC1. The van der Waals surface area contributed by atoms with Crippen LogP contribution in [0.15, 0.2) is 11.5 Å². The molecule has 2 aliphatic rings. The Labute approximate surface area is 77.4 Å². The van der Waals surface area contributed by atoms with E-state index in [4.69, 9.17) is 0 Å². The van der Waals surface area contributed by atoms with Gasteiger partial charge in [-0.3, -0.25) is 0 Å². The zero-order valence-electron chi connectivity index (χ0n) is 7.12. The molecule has 0 bridgehead atoms. The van der Waals surface area contributed by atoms with Crippen molar-refractivity contribution >= 4 is 11.8 Å². The molecule has 2 N–H and O–H groups in total. The monoisotopic (exact) mass is 185 g/mol. The molecule has 0 radical (unpaired) electrons. The maximum atomic E-state index is 10.3.